The Labute approximate surface area is 140 Å². The molecule has 1 aromatic carbocycles. The number of rotatable bonds is 10. The number of amides is 1. The van der Waals surface area contributed by atoms with Crippen molar-refractivity contribution in [2.24, 2.45) is 11.8 Å². The van der Waals surface area contributed by atoms with E-state index in [-0.39, 0.29) is 11.8 Å². The molecule has 0 saturated carbocycles. The molecule has 0 aliphatic heterocycles. The predicted molar refractivity (Wildman–Crippen MR) is 94.7 cm³/mol. The van der Waals surface area contributed by atoms with E-state index in [4.69, 9.17) is 0 Å². The lowest BCUT2D eigenvalue weighted by Gasteiger charge is -2.22. The van der Waals surface area contributed by atoms with E-state index in [1.165, 1.54) is 0 Å². The lowest BCUT2D eigenvalue weighted by Crippen LogP contribution is -2.48. The molecule has 0 aromatic heterocycles. The molecule has 23 heavy (non-hydrogen) atoms. The molecule has 0 fully saturated rings. The number of nitrogens with one attached hydrogen (secondary N) is 1. The maximum Gasteiger partial charge on any atom is 0.475 e. The molecule has 0 unspecified atom stereocenters. The summed E-state index contributed by atoms with van der Waals surface area (Å²) in [6.45, 7) is 6.20. The van der Waals surface area contributed by atoms with Gasteiger partial charge in [0, 0.05) is 5.92 Å². The number of hydrogen-bond acceptors (Lipinski definition) is 3. The highest BCUT2D eigenvalue weighted by Crippen LogP contribution is 2.17. The van der Waals surface area contributed by atoms with Gasteiger partial charge in [0.05, 0.1) is 5.94 Å². The first-order valence-corrected chi connectivity index (χ1v) is 8.64. The zero-order valence-corrected chi connectivity index (χ0v) is 14.5. The van der Waals surface area contributed by atoms with Gasteiger partial charge in [-0.15, -0.1) is 0 Å². The molecular formula is C18H30BNO3. The fourth-order valence-electron chi connectivity index (χ4n) is 2.91. The van der Waals surface area contributed by atoms with Crippen molar-refractivity contribution in [2.75, 3.05) is 0 Å². The van der Waals surface area contributed by atoms with Crippen LogP contribution >= 0.6 is 0 Å². The molecule has 1 aromatic rings. The van der Waals surface area contributed by atoms with Gasteiger partial charge in [-0.3, -0.25) is 4.79 Å². The first kappa shape index (κ1) is 19.7. The Morgan fingerprint density at radius 1 is 1.17 bits per heavy atom. The van der Waals surface area contributed by atoms with Crippen LogP contribution in [-0.2, 0) is 11.2 Å². The summed E-state index contributed by atoms with van der Waals surface area (Å²) in [4.78, 5) is 12.3. The summed E-state index contributed by atoms with van der Waals surface area (Å²) in [7, 11) is -1.54. The van der Waals surface area contributed by atoms with Gasteiger partial charge in [0.15, 0.2) is 0 Å². The van der Waals surface area contributed by atoms with Crippen molar-refractivity contribution in [3.8, 4) is 0 Å². The fraction of sp³-hybridized carbons (Fsp3) is 0.611. The quantitative estimate of drug-likeness (QED) is 0.581. The molecular weight excluding hydrogens is 289 g/mol. The molecule has 0 aliphatic rings. The minimum Gasteiger partial charge on any atom is -0.426 e. The zero-order chi connectivity index (χ0) is 17.2. The Hall–Kier alpha value is -1.33. The Kier molecular flexibility index (Phi) is 8.96. The van der Waals surface area contributed by atoms with Crippen LogP contribution in [0.4, 0.5) is 0 Å². The number of aryl methyl sites for hydroxylation is 1. The van der Waals surface area contributed by atoms with Gasteiger partial charge in [-0.2, -0.15) is 0 Å². The van der Waals surface area contributed by atoms with Gasteiger partial charge in [0.2, 0.25) is 5.91 Å². The van der Waals surface area contributed by atoms with Gasteiger partial charge < -0.3 is 15.4 Å². The van der Waals surface area contributed by atoms with E-state index < -0.39 is 13.1 Å². The molecule has 3 N–H and O–H groups in total. The third-order valence-corrected chi connectivity index (χ3v) is 4.26. The van der Waals surface area contributed by atoms with E-state index in [9.17, 15) is 14.8 Å². The summed E-state index contributed by atoms with van der Waals surface area (Å²) in [5.74, 6) is -0.345. The highest BCUT2D eigenvalue weighted by Gasteiger charge is 2.27. The van der Waals surface area contributed by atoms with Crippen LogP contribution in [0.15, 0.2) is 30.3 Å². The smallest absolute Gasteiger partial charge is 0.426 e. The molecule has 5 heteroatoms. The highest BCUT2D eigenvalue weighted by atomic mass is 16.4. The Morgan fingerprint density at radius 3 is 2.39 bits per heavy atom. The largest absolute Gasteiger partial charge is 0.475 e. The molecule has 0 heterocycles. The molecule has 4 nitrogen and oxygen atoms in total. The van der Waals surface area contributed by atoms with E-state index in [2.05, 4.69) is 19.2 Å². The molecule has 0 bridgehead atoms. The second-order valence-electron chi connectivity index (χ2n) is 6.58. The minimum atomic E-state index is -1.54. The standard InChI is InChI=1S/C18H30BNO3/c1-4-8-14(2)13-15(3)18(21)20-17(19(22)23)12-11-16-9-6-5-7-10-16/h5-7,9-10,14-15,17,22-23H,4,8,11-13H2,1-3H3,(H,20,21)/t14-,15+,17+/m1/s1. The van der Waals surface area contributed by atoms with Gasteiger partial charge >= 0.3 is 7.12 Å². The Balaban J connectivity index is 2.49. The van der Waals surface area contributed by atoms with Crippen molar-refractivity contribution in [2.45, 2.75) is 58.8 Å². The molecule has 0 radical (unpaired) electrons. The number of carbonyl (C=O) groups excluding carboxylic acids is 1. The molecule has 1 amide bonds. The van der Waals surface area contributed by atoms with Crippen LogP contribution in [0.1, 0.15) is 52.0 Å². The maximum atomic E-state index is 12.3. The highest BCUT2D eigenvalue weighted by molar-refractivity contribution is 6.43. The van der Waals surface area contributed by atoms with E-state index in [1.807, 2.05) is 37.3 Å². The molecule has 0 saturated heterocycles. The van der Waals surface area contributed by atoms with Gasteiger partial charge in [-0.1, -0.05) is 63.9 Å². The average Bonchev–Trinajstić information content (AvgIpc) is 2.52. The second-order valence-corrected chi connectivity index (χ2v) is 6.58. The van der Waals surface area contributed by atoms with Gasteiger partial charge in [0.1, 0.15) is 0 Å². The third-order valence-electron chi connectivity index (χ3n) is 4.26. The first-order valence-electron chi connectivity index (χ1n) is 8.64. The molecule has 0 spiro atoms. The van der Waals surface area contributed by atoms with E-state index in [1.54, 1.807) is 0 Å². The molecule has 3 atom stereocenters. The van der Waals surface area contributed by atoms with Gasteiger partial charge in [0.25, 0.3) is 0 Å². The lowest BCUT2D eigenvalue weighted by atomic mass is 9.76. The number of hydrogen-bond donors (Lipinski definition) is 3. The SMILES string of the molecule is CCC[C@@H](C)C[C@H](C)C(=O)N[C@@H](CCc1ccccc1)B(O)O. The monoisotopic (exact) mass is 319 g/mol. The van der Waals surface area contributed by atoms with Crippen LogP contribution in [0.2, 0.25) is 0 Å². The Bertz CT molecular complexity index is 453. The normalized spacial score (nSPS) is 14.8. The summed E-state index contributed by atoms with van der Waals surface area (Å²) in [6.07, 6.45) is 4.25. The fourth-order valence-corrected chi connectivity index (χ4v) is 2.91. The van der Waals surface area contributed by atoms with Crippen LogP contribution in [0.25, 0.3) is 0 Å². The minimum absolute atomic E-state index is 0.0980. The average molecular weight is 319 g/mol. The Morgan fingerprint density at radius 2 is 1.83 bits per heavy atom. The van der Waals surface area contributed by atoms with Crippen molar-refractivity contribution in [3.05, 3.63) is 35.9 Å². The molecule has 0 aliphatic carbocycles. The summed E-state index contributed by atoms with van der Waals surface area (Å²) >= 11 is 0. The summed E-state index contributed by atoms with van der Waals surface area (Å²) in [5, 5.41) is 21.9. The van der Waals surface area contributed by atoms with Crippen molar-refractivity contribution in [1.29, 1.82) is 0 Å². The van der Waals surface area contributed by atoms with Gasteiger partial charge in [-0.25, -0.2) is 0 Å². The number of benzene rings is 1. The van der Waals surface area contributed by atoms with Crippen LogP contribution < -0.4 is 5.32 Å². The van der Waals surface area contributed by atoms with E-state index in [0.717, 1.165) is 24.8 Å². The zero-order valence-electron chi connectivity index (χ0n) is 14.5. The predicted octanol–water partition coefficient (Wildman–Crippen LogP) is 2.58. The number of carbonyl (C=O) groups is 1. The summed E-state index contributed by atoms with van der Waals surface area (Å²) in [5.41, 5.74) is 1.12. The molecule has 128 valence electrons. The summed E-state index contributed by atoms with van der Waals surface area (Å²) < 4.78 is 0. The second kappa shape index (κ2) is 10.4. The third kappa shape index (κ3) is 7.66. The van der Waals surface area contributed by atoms with Crippen LogP contribution in [-0.4, -0.2) is 29.0 Å². The van der Waals surface area contributed by atoms with E-state index in [0.29, 0.717) is 18.8 Å². The topological polar surface area (TPSA) is 69.6 Å². The van der Waals surface area contributed by atoms with Crippen molar-refractivity contribution in [3.63, 3.8) is 0 Å². The van der Waals surface area contributed by atoms with Crippen molar-refractivity contribution in [1.82, 2.24) is 5.32 Å². The van der Waals surface area contributed by atoms with Crippen LogP contribution in [0.5, 0.6) is 0 Å². The first-order chi connectivity index (χ1) is 10.9. The maximum absolute atomic E-state index is 12.3. The van der Waals surface area contributed by atoms with Crippen LogP contribution in [0, 0.1) is 11.8 Å². The van der Waals surface area contributed by atoms with Crippen LogP contribution in [0.3, 0.4) is 0 Å². The van der Waals surface area contributed by atoms with Gasteiger partial charge in [-0.05, 0) is 30.7 Å². The van der Waals surface area contributed by atoms with Crippen molar-refractivity contribution >= 4 is 13.0 Å². The van der Waals surface area contributed by atoms with Crippen molar-refractivity contribution < 1.29 is 14.8 Å². The molecule has 1 rings (SSSR count). The summed E-state index contributed by atoms with van der Waals surface area (Å²) in [6, 6.07) is 9.85. The van der Waals surface area contributed by atoms with E-state index >= 15 is 0 Å². The lowest BCUT2D eigenvalue weighted by molar-refractivity contribution is -0.125.